The van der Waals surface area contributed by atoms with E-state index in [1.165, 1.54) is 12.1 Å². The van der Waals surface area contributed by atoms with Gasteiger partial charge in [0.2, 0.25) is 0 Å². The molecule has 1 aromatic carbocycles. The average Bonchev–Trinajstić information content (AvgIpc) is 2.96. The Morgan fingerprint density at radius 1 is 1.26 bits per heavy atom. The van der Waals surface area contributed by atoms with E-state index in [1.807, 2.05) is 19.1 Å². The third kappa shape index (κ3) is 3.45. The summed E-state index contributed by atoms with van der Waals surface area (Å²) >= 11 is 0. The van der Waals surface area contributed by atoms with Crippen molar-refractivity contribution < 1.29 is 9.18 Å². The third-order valence-electron chi connectivity index (χ3n) is 3.59. The van der Waals surface area contributed by atoms with Gasteiger partial charge in [0.15, 0.2) is 0 Å². The Kier molecular flexibility index (Phi) is 4.19. The molecule has 23 heavy (non-hydrogen) atoms. The maximum Gasteiger partial charge on any atom is 0.253 e. The number of H-pyrrole nitrogens is 1. The molecule has 0 radical (unpaired) electrons. The van der Waals surface area contributed by atoms with E-state index in [4.69, 9.17) is 0 Å². The molecule has 3 rings (SSSR count). The van der Waals surface area contributed by atoms with Gasteiger partial charge in [0.05, 0.1) is 5.56 Å². The highest BCUT2D eigenvalue weighted by atomic mass is 19.1. The van der Waals surface area contributed by atoms with E-state index < -0.39 is 0 Å². The molecule has 0 saturated carbocycles. The van der Waals surface area contributed by atoms with Crippen molar-refractivity contribution in [1.29, 1.82) is 0 Å². The summed E-state index contributed by atoms with van der Waals surface area (Å²) in [5.74, 6) is -0.442. The van der Waals surface area contributed by atoms with Gasteiger partial charge in [0.1, 0.15) is 5.82 Å². The van der Waals surface area contributed by atoms with Gasteiger partial charge >= 0.3 is 0 Å². The normalized spacial score (nSPS) is 10.5. The summed E-state index contributed by atoms with van der Waals surface area (Å²) < 4.78 is 13.0. The standard InChI is InChI=1S/C18H16FN3O/c1-12-16(18(23)21-11-13-3-2-8-20-10-13)9-17(22-12)14-4-6-15(19)7-5-14/h2-10,22H,11H2,1H3,(H,21,23). The minimum absolute atomic E-state index is 0.157. The molecule has 0 aliphatic heterocycles. The maximum absolute atomic E-state index is 13.0. The minimum Gasteiger partial charge on any atom is -0.358 e. The van der Waals surface area contributed by atoms with Crippen molar-refractivity contribution in [3.05, 3.63) is 77.5 Å². The van der Waals surface area contributed by atoms with Crippen molar-refractivity contribution in [3.63, 3.8) is 0 Å². The molecule has 0 bridgehead atoms. The summed E-state index contributed by atoms with van der Waals surface area (Å²) in [5.41, 5.74) is 3.91. The fourth-order valence-corrected chi connectivity index (χ4v) is 2.36. The molecule has 0 saturated heterocycles. The molecule has 0 aliphatic carbocycles. The van der Waals surface area contributed by atoms with Gasteiger partial charge in [-0.2, -0.15) is 0 Å². The number of nitrogens with one attached hydrogen (secondary N) is 2. The summed E-state index contributed by atoms with van der Waals surface area (Å²) in [6.45, 7) is 2.26. The van der Waals surface area contributed by atoms with Crippen molar-refractivity contribution in [2.75, 3.05) is 0 Å². The average molecular weight is 309 g/mol. The third-order valence-corrected chi connectivity index (χ3v) is 3.59. The first-order valence-corrected chi connectivity index (χ1v) is 7.26. The van der Waals surface area contributed by atoms with E-state index in [1.54, 1.807) is 30.6 Å². The van der Waals surface area contributed by atoms with E-state index in [-0.39, 0.29) is 11.7 Å². The molecular formula is C18H16FN3O. The number of amides is 1. The predicted molar refractivity (Wildman–Crippen MR) is 86.3 cm³/mol. The topological polar surface area (TPSA) is 57.8 Å². The molecule has 2 aromatic heterocycles. The van der Waals surface area contributed by atoms with Gasteiger partial charge in [0, 0.05) is 30.3 Å². The number of rotatable bonds is 4. The van der Waals surface area contributed by atoms with Crippen LogP contribution in [-0.2, 0) is 6.54 Å². The number of aromatic nitrogens is 2. The van der Waals surface area contributed by atoms with Crippen molar-refractivity contribution in [2.45, 2.75) is 13.5 Å². The van der Waals surface area contributed by atoms with Gasteiger partial charge < -0.3 is 10.3 Å². The summed E-state index contributed by atoms with van der Waals surface area (Å²) in [7, 11) is 0. The van der Waals surface area contributed by atoms with Crippen LogP contribution in [0.2, 0.25) is 0 Å². The van der Waals surface area contributed by atoms with Crippen LogP contribution < -0.4 is 5.32 Å². The number of carbonyl (C=O) groups is 1. The van der Waals surface area contributed by atoms with Crippen LogP contribution in [0.25, 0.3) is 11.3 Å². The SMILES string of the molecule is Cc1[nH]c(-c2ccc(F)cc2)cc1C(=O)NCc1cccnc1. The van der Waals surface area contributed by atoms with Crippen LogP contribution in [0.5, 0.6) is 0 Å². The van der Waals surface area contributed by atoms with Crippen LogP contribution in [0.1, 0.15) is 21.6 Å². The molecule has 0 unspecified atom stereocenters. The zero-order chi connectivity index (χ0) is 16.2. The number of aryl methyl sites for hydroxylation is 1. The molecule has 2 N–H and O–H groups in total. The van der Waals surface area contributed by atoms with Crippen molar-refractivity contribution in [1.82, 2.24) is 15.3 Å². The Bertz CT molecular complexity index is 810. The molecule has 2 heterocycles. The lowest BCUT2D eigenvalue weighted by molar-refractivity contribution is 0.0950. The fraction of sp³-hybridized carbons (Fsp3) is 0.111. The minimum atomic E-state index is -0.286. The van der Waals surface area contributed by atoms with E-state index >= 15 is 0 Å². The zero-order valence-corrected chi connectivity index (χ0v) is 12.6. The number of pyridine rings is 1. The molecule has 0 spiro atoms. The highest BCUT2D eigenvalue weighted by molar-refractivity contribution is 5.96. The van der Waals surface area contributed by atoms with Gasteiger partial charge in [-0.3, -0.25) is 9.78 Å². The second kappa shape index (κ2) is 6.44. The largest absolute Gasteiger partial charge is 0.358 e. The van der Waals surface area contributed by atoms with Gasteiger partial charge in [-0.1, -0.05) is 6.07 Å². The van der Waals surface area contributed by atoms with Crippen LogP contribution in [0.3, 0.4) is 0 Å². The van der Waals surface area contributed by atoms with Crippen molar-refractivity contribution in [3.8, 4) is 11.3 Å². The Morgan fingerprint density at radius 3 is 2.74 bits per heavy atom. The van der Waals surface area contributed by atoms with Crippen molar-refractivity contribution in [2.24, 2.45) is 0 Å². The molecule has 3 aromatic rings. The Labute approximate surface area is 133 Å². The number of aromatic amines is 1. The van der Waals surface area contributed by atoms with Gasteiger partial charge in [-0.05, 0) is 54.4 Å². The molecule has 1 amide bonds. The Morgan fingerprint density at radius 2 is 2.04 bits per heavy atom. The van der Waals surface area contributed by atoms with Gasteiger partial charge in [0.25, 0.3) is 5.91 Å². The van der Waals surface area contributed by atoms with Crippen molar-refractivity contribution >= 4 is 5.91 Å². The highest BCUT2D eigenvalue weighted by Gasteiger charge is 2.13. The lowest BCUT2D eigenvalue weighted by Gasteiger charge is -2.04. The molecule has 116 valence electrons. The summed E-state index contributed by atoms with van der Waals surface area (Å²) in [6, 6.07) is 11.7. The van der Waals surface area contributed by atoms with Gasteiger partial charge in [-0.15, -0.1) is 0 Å². The van der Waals surface area contributed by atoms with E-state index in [0.717, 1.165) is 22.5 Å². The number of hydrogen-bond donors (Lipinski definition) is 2. The van der Waals surface area contributed by atoms with Crippen LogP contribution in [0.15, 0.2) is 54.9 Å². The van der Waals surface area contributed by atoms with E-state index in [0.29, 0.717) is 12.1 Å². The highest BCUT2D eigenvalue weighted by Crippen LogP contribution is 2.22. The number of nitrogens with zero attached hydrogens (tertiary/aromatic N) is 1. The smallest absolute Gasteiger partial charge is 0.253 e. The molecule has 0 atom stereocenters. The first kappa shape index (κ1) is 15.0. The first-order chi connectivity index (χ1) is 11.1. The summed E-state index contributed by atoms with van der Waals surface area (Å²) in [4.78, 5) is 19.5. The number of hydrogen-bond acceptors (Lipinski definition) is 2. The monoisotopic (exact) mass is 309 g/mol. The summed E-state index contributed by atoms with van der Waals surface area (Å²) in [5, 5.41) is 2.87. The first-order valence-electron chi connectivity index (χ1n) is 7.26. The van der Waals surface area contributed by atoms with Crippen LogP contribution in [-0.4, -0.2) is 15.9 Å². The maximum atomic E-state index is 13.0. The lowest BCUT2D eigenvalue weighted by atomic mass is 10.1. The quantitative estimate of drug-likeness (QED) is 0.775. The Hall–Kier alpha value is -2.95. The molecule has 4 nitrogen and oxygen atoms in total. The lowest BCUT2D eigenvalue weighted by Crippen LogP contribution is -2.23. The second-order valence-corrected chi connectivity index (χ2v) is 5.27. The van der Waals surface area contributed by atoms with E-state index in [9.17, 15) is 9.18 Å². The van der Waals surface area contributed by atoms with Crippen LogP contribution in [0.4, 0.5) is 4.39 Å². The number of benzene rings is 1. The predicted octanol–water partition coefficient (Wildman–Crippen LogP) is 3.45. The van der Waals surface area contributed by atoms with Gasteiger partial charge in [-0.25, -0.2) is 4.39 Å². The summed E-state index contributed by atoms with van der Waals surface area (Å²) in [6.07, 6.45) is 3.41. The zero-order valence-electron chi connectivity index (χ0n) is 12.6. The second-order valence-electron chi connectivity index (χ2n) is 5.27. The molecule has 0 aliphatic rings. The molecule has 5 heteroatoms. The number of halogens is 1. The molecular weight excluding hydrogens is 293 g/mol. The fourth-order valence-electron chi connectivity index (χ4n) is 2.36. The van der Waals surface area contributed by atoms with Crippen LogP contribution in [0, 0.1) is 12.7 Å². The van der Waals surface area contributed by atoms with Crippen LogP contribution >= 0.6 is 0 Å². The Balaban J connectivity index is 1.75. The number of carbonyl (C=O) groups excluding carboxylic acids is 1. The van der Waals surface area contributed by atoms with E-state index in [2.05, 4.69) is 15.3 Å². The molecule has 0 fully saturated rings.